The van der Waals surface area contributed by atoms with Crippen molar-refractivity contribution in [3.8, 4) is 0 Å². The largest absolute Gasteiger partial charge is 0.309 e. The first-order valence-electron chi connectivity index (χ1n) is 6.34. The van der Waals surface area contributed by atoms with Crippen LogP contribution in [-0.2, 0) is 4.79 Å². The van der Waals surface area contributed by atoms with Crippen LogP contribution in [0.4, 0.5) is 5.82 Å². The van der Waals surface area contributed by atoms with Gasteiger partial charge in [0.1, 0.15) is 12.1 Å². The Morgan fingerprint density at radius 3 is 2.57 bits per heavy atom. The van der Waals surface area contributed by atoms with Gasteiger partial charge in [0.25, 0.3) is 5.91 Å². The molecule has 1 amide bonds. The molecule has 3 aromatic rings. The van der Waals surface area contributed by atoms with Crippen molar-refractivity contribution in [3.05, 3.63) is 66.6 Å². The quantitative estimate of drug-likeness (QED) is 0.778. The summed E-state index contributed by atoms with van der Waals surface area (Å²) in [6.07, 6.45) is 3.03. The molecule has 0 saturated heterocycles. The van der Waals surface area contributed by atoms with Gasteiger partial charge in [0, 0.05) is 6.20 Å². The van der Waals surface area contributed by atoms with Crippen LogP contribution < -0.4 is 5.32 Å². The Bertz CT molecular complexity index is 699. The maximum atomic E-state index is 12.5. The molecular formula is C14H12N6O. The van der Waals surface area contributed by atoms with Crippen LogP contribution in [-0.4, -0.2) is 31.1 Å². The van der Waals surface area contributed by atoms with Gasteiger partial charge in [-0.15, -0.1) is 5.10 Å². The summed E-state index contributed by atoms with van der Waals surface area (Å²) >= 11 is 0. The van der Waals surface area contributed by atoms with Gasteiger partial charge in [0.05, 0.1) is 0 Å². The second-order valence-electron chi connectivity index (χ2n) is 4.31. The number of nitrogens with one attached hydrogen (secondary N) is 1. The number of nitrogens with zero attached hydrogens (tertiary/aromatic N) is 5. The standard InChI is InChI=1S/C14H12N6O/c21-14(17-12-8-4-5-9-15-12)13(20-10-16-18-19-20)11-6-2-1-3-7-11/h1-10,13H,(H,15,17,21)/t13-/m1/s1. The Labute approximate surface area is 120 Å². The Kier molecular flexibility index (Phi) is 3.64. The molecule has 21 heavy (non-hydrogen) atoms. The maximum absolute atomic E-state index is 12.5. The molecule has 2 aromatic heterocycles. The monoisotopic (exact) mass is 280 g/mol. The summed E-state index contributed by atoms with van der Waals surface area (Å²) in [5.41, 5.74) is 0.790. The molecule has 1 aromatic carbocycles. The zero-order valence-electron chi connectivity index (χ0n) is 11.0. The highest BCUT2D eigenvalue weighted by Crippen LogP contribution is 2.18. The summed E-state index contributed by atoms with van der Waals surface area (Å²) in [6.45, 7) is 0. The van der Waals surface area contributed by atoms with E-state index in [1.165, 1.54) is 11.0 Å². The van der Waals surface area contributed by atoms with E-state index in [1.807, 2.05) is 30.3 Å². The van der Waals surface area contributed by atoms with Crippen LogP contribution in [0.25, 0.3) is 0 Å². The minimum absolute atomic E-state index is 0.257. The lowest BCUT2D eigenvalue weighted by Gasteiger charge is -2.16. The molecule has 0 unspecified atom stereocenters. The van der Waals surface area contributed by atoms with Gasteiger partial charge in [0.2, 0.25) is 0 Å². The first kappa shape index (κ1) is 12.9. The number of hydrogen-bond acceptors (Lipinski definition) is 5. The van der Waals surface area contributed by atoms with Gasteiger partial charge < -0.3 is 5.32 Å². The van der Waals surface area contributed by atoms with Crippen molar-refractivity contribution in [2.24, 2.45) is 0 Å². The van der Waals surface area contributed by atoms with E-state index in [0.29, 0.717) is 5.82 Å². The summed E-state index contributed by atoms with van der Waals surface area (Å²) in [5, 5.41) is 13.8. The summed E-state index contributed by atoms with van der Waals surface area (Å²) in [5.74, 6) is 0.226. The third kappa shape index (κ3) is 2.92. The Morgan fingerprint density at radius 2 is 1.90 bits per heavy atom. The highest BCUT2D eigenvalue weighted by atomic mass is 16.2. The molecule has 104 valence electrons. The number of anilines is 1. The van der Waals surface area contributed by atoms with Gasteiger partial charge in [-0.25, -0.2) is 9.67 Å². The van der Waals surface area contributed by atoms with Crippen LogP contribution >= 0.6 is 0 Å². The van der Waals surface area contributed by atoms with Crippen molar-refractivity contribution < 1.29 is 4.79 Å². The maximum Gasteiger partial charge on any atom is 0.255 e. The molecule has 7 nitrogen and oxygen atoms in total. The first-order valence-corrected chi connectivity index (χ1v) is 6.34. The number of tetrazole rings is 1. The summed E-state index contributed by atoms with van der Waals surface area (Å²) < 4.78 is 1.41. The van der Waals surface area contributed by atoms with E-state index in [4.69, 9.17) is 0 Å². The predicted molar refractivity (Wildman–Crippen MR) is 75.3 cm³/mol. The van der Waals surface area contributed by atoms with Gasteiger partial charge in [0.15, 0.2) is 6.04 Å². The first-order chi connectivity index (χ1) is 10.3. The fraction of sp³-hybridized carbons (Fsp3) is 0.0714. The topological polar surface area (TPSA) is 85.6 Å². The molecule has 0 fully saturated rings. The van der Waals surface area contributed by atoms with Crippen molar-refractivity contribution in [1.29, 1.82) is 0 Å². The molecular weight excluding hydrogens is 268 g/mol. The SMILES string of the molecule is O=C(Nc1ccccn1)[C@@H](c1ccccc1)n1cnnn1. The lowest BCUT2D eigenvalue weighted by molar-refractivity contribution is -0.118. The van der Waals surface area contributed by atoms with E-state index in [0.717, 1.165) is 5.56 Å². The van der Waals surface area contributed by atoms with E-state index in [2.05, 4.69) is 25.8 Å². The second kappa shape index (κ2) is 5.91. The van der Waals surface area contributed by atoms with Gasteiger partial charge in [-0.3, -0.25) is 4.79 Å². The van der Waals surface area contributed by atoms with E-state index < -0.39 is 6.04 Å². The van der Waals surface area contributed by atoms with Crippen molar-refractivity contribution in [3.63, 3.8) is 0 Å². The summed E-state index contributed by atoms with van der Waals surface area (Å²) in [7, 11) is 0. The van der Waals surface area contributed by atoms with Crippen LogP contribution in [0.5, 0.6) is 0 Å². The number of aromatic nitrogens is 5. The molecule has 0 bridgehead atoms. The number of benzene rings is 1. The molecule has 0 saturated carbocycles. The molecule has 0 aliphatic carbocycles. The van der Waals surface area contributed by atoms with E-state index in [-0.39, 0.29) is 5.91 Å². The van der Waals surface area contributed by atoms with Crippen molar-refractivity contribution in [2.45, 2.75) is 6.04 Å². The zero-order valence-corrected chi connectivity index (χ0v) is 11.0. The molecule has 0 aliphatic heterocycles. The number of carbonyl (C=O) groups is 1. The summed E-state index contributed by atoms with van der Waals surface area (Å²) in [4.78, 5) is 16.6. The second-order valence-corrected chi connectivity index (χ2v) is 4.31. The molecule has 0 spiro atoms. The highest BCUT2D eigenvalue weighted by Gasteiger charge is 2.24. The van der Waals surface area contributed by atoms with Gasteiger partial charge >= 0.3 is 0 Å². The number of hydrogen-bond donors (Lipinski definition) is 1. The Morgan fingerprint density at radius 1 is 1.10 bits per heavy atom. The fourth-order valence-corrected chi connectivity index (χ4v) is 1.98. The van der Waals surface area contributed by atoms with Crippen LogP contribution in [0.3, 0.4) is 0 Å². The Hall–Kier alpha value is -3.09. The fourth-order valence-electron chi connectivity index (χ4n) is 1.98. The lowest BCUT2D eigenvalue weighted by Crippen LogP contribution is -2.27. The molecule has 7 heteroatoms. The van der Waals surface area contributed by atoms with Crippen molar-refractivity contribution >= 4 is 11.7 Å². The normalized spacial score (nSPS) is 11.8. The smallest absolute Gasteiger partial charge is 0.255 e. The van der Waals surface area contributed by atoms with Crippen molar-refractivity contribution in [1.82, 2.24) is 25.2 Å². The highest BCUT2D eigenvalue weighted by molar-refractivity contribution is 5.94. The van der Waals surface area contributed by atoms with Crippen LogP contribution in [0.15, 0.2) is 61.1 Å². The molecule has 0 radical (unpaired) electrons. The lowest BCUT2D eigenvalue weighted by atomic mass is 10.1. The van der Waals surface area contributed by atoms with Gasteiger partial charge in [-0.05, 0) is 28.1 Å². The average Bonchev–Trinajstić information content (AvgIpc) is 3.03. The van der Waals surface area contributed by atoms with E-state index in [9.17, 15) is 4.79 Å². The average molecular weight is 280 g/mol. The predicted octanol–water partition coefficient (Wildman–Crippen LogP) is 1.30. The zero-order chi connectivity index (χ0) is 14.5. The molecule has 3 rings (SSSR count). The van der Waals surface area contributed by atoms with Crippen LogP contribution in [0.1, 0.15) is 11.6 Å². The number of rotatable bonds is 4. The van der Waals surface area contributed by atoms with Crippen molar-refractivity contribution in [2.75, 3.05) is 5.32 Å². The summed E-state index contributed by atoms with van der Waals surface area (Å²) in [6, 6.07) is 14.0. The minimum atomic E-state index is -0.650. The number of amides is 1. The molecule has 0 aliphatic rings. The number of pyridine rings is 1. The van der Waals surface area contributed by atoms with Gasteiger partial charge in [-0.2, -0.15) is 0 Å². The third-order valence-corrected chi connectivity index (χ3v) is 2.91. The molecule has 1 N–H and O–H groups in total. The Balaban J connectivity index is 1.91. The third-order valence-electron chi connectivity index (χ3n) is 2.91. The molecule has 1 atom stereocenters. The van der Waals surface area contributed by atoms with E-state index >= 15 is 0 Å². The van der Waals surface area contributed by atoms with Crippen LogP contribution in [0.2, 0.25) is 0 Å². The van der Waals surface area contributed by atoms with E-state index in [1.54, 1.807) is 24.4 Å². The number of carbonyl (C=O) groups excluding carboxylic acids is 1. The molecule has 2 heterocycles. The minimum Gasteiger partial charge on any atom is -0.309 e. The van der Waals surface area contributed by atoms with Gasteiger partial charge in [-0.1, -0.05) is 36.4 Å². The van der Waals surface area contributed by atoms with Crippen LogP contribution in [0, 0.1) is 0 Å².